The standard InChI is InChI=1S/C19H20ClN3O2S2/c1-3-16(17(21)12-7-9-13(20)10-8-12)27-15-6-4-5-14(11-15)22-18(26)23-19(24)25-2/h4-11,16,21H,3H2,1-2H3,(H2,22,23,24,26). The van der Waals surface area contributed by atoms with Gasteiger partial charge in [-0.05, 0) is 54.5 Å². The minimum Gasteiger partial charge on any atom is -0.453 e. The van der Waals surface area contributed by atoms with E-state index in [1.165, 1.54) is 7.11 Å². The summed E-state index contributed by atoms with van der Waals surface area (Å²) in [5, 5.41) is 14.7. The van der Waals surface area contributed by atoms with Gasteiger partial charge in [-0.2, -0.15) is 0 Å². The van der Waals surface area contributed by atoms with Crippen molar-refractivity contribution < 1.29 is 9.53 Å². The van der Waals surface area contributed by atoms with E-state index in [-0.39, 0.29) is 10.4 Å². The maximum atomic E-state index is 11.2. The highest BCUT2D eigenvalue weighted by molar-refractivity contribution is 8.00. The second kappa shape index (κ2) is 10.3. The van der Waals surface area contributed by atoms with Gasteiger partial charge in [-0.1, -0.05) is 36.7 Å². The minimum absolute atomic E-state index is 0.00145. The van der Waals surface area contributed by atoms with Crippen molar-refractivity contribution in [1.82, 2.24) is 5.32 Å². The predicted molar refractivity (Wildman–Crippen MR) is 116 cm³/mol. The topological polar surface area (TPSA) is 74.2 Å². The summed E-state index contributed by atoms with van der Waals surface area (Å²) in [4.78, 5) is 12.2. The molecule has 142 valence electrons. The normalized spacial score (nSPS) is 11.4. The fourth-order valence-electron chi connectivity index (χ4n) is 2.28. The van der Waals surface area contributed by atoms with Crippen LogP contribution in [0.25, 0.3) is 0 Å². The molecular weight excluding hydrogens is 402 g/mol. The zero-order valence-electron chi connectivity index (χ0n) is 14.9. The maximum absolute atomic E-state index is 11.2. The Morgan fingerprint density at radius 2 is 2.00 bits per heavy atom. The van der Waals surface area contributed by atoms with E-state index in [0.29, 0.717) is 10.7 Å². The number of carbonyl (C=O) groups is 1. The fraction of sp³-hybridized carbons (Fsp3) is 0.211. The summed E-state index contributed by atoms with van der Waals surface area (Å²) in [7, 11) is 1.27. The average Bonchev–Trinajstić information content (AvgIpc) is 2.66. The van der Waals surface area contributed by atoms with Gasteiger partial charge in [0.2, 0.25) is 0 Å². The number of halogens is 1. The highest BCUT2D eigenvalue weighted by Crippen LogP contribution is 2.30. The lowest BCUT2D eigenvalue weighted by Crippen LogP contribution is -2.33. The maximum Gasteiger partial charge on any atom is 0.413 e. The van der Waals surface area contributed by atoms with Crippen molar-refractivity contribution in [1.29, 1.82) is 5.41 Å². The number of rotatable bonds is 6. The first kappa shape index (κ1) is 21.2. The third-order valence-corrected chi connectivity index (χ3v) is 5.45. The van der Waals surface area contributed by atoms with E-state index in [2.05, 4.69) is 22.3 Å². The number of ether oxygens (including phenoxy) is 1. The summed E-state index contributed by atoms with van der Waals surface area (Å²) in [6.45, 7) is 2.06. The number of anilines is 1. The first-order valence-electron chi connectivity index (χ1n) is 8.20. The second-order valence-corrected chi connectivity index (χ2v) is 7.65. The summed E-state index contributed by atoms with van der Waals surface area (Å²) in [5.74, 6) is 0. The highest BCUT2D eigenvalue weighted by atomic mass is 35.5. The lowest BCUT2D eigenvalue weighted by molar-refractivity contribution is 0.177. The van der Waals surface area contributed by atoms with Gasteiger partial charge in [0, 0.05) is 15.6 Å². The van der Waals surface area contributed by atoms with Gasteiger partial charge in [0.15, 0.2) is 5.11 Å². The molecule has 2 rings (SSSR count). The van der Waals surface area contributed by atoms with Crippen LogP contribution in [0.15, 0.2) is 53.4 Å². The van der Waals surface area contributed by atoms with Gasteiger partial charge in [-0.3, -0.25) is 5.32 Å². The van der Waals surface area contributed by atoms with E-state index < -0.39 is 6.09 Å². The van der Waals surface area contributed by atoms with Crippen LogP contribution in [0.3, 0.4) is 0 Å². The number of thiocarbonyl (C=S) groups is 1. The van der Waals surface area contributed by atoms with Crippen molar-refractivity contribution >= 4 is 58.2 Å². The molecule has 0 heterocycles. The van der Waals surface area contributed by atoms with Crippen LogP contribution >= 0.6 is 35.6 Å². The van der Waals surface area contributed by atoms with Crippen molar-refractivity contribution in [2.45, 2.75) is 23.5 Å². The number of methoxy groups -OCH3 is 1. The van der Waals surface area contributed by atoms with Crippen LogP contribution in [0.5, 0.6) is 0 Å². The highest BCUT2D eigenvalue weighted by Gasteiger charge is 2.16. The van der Waals surface area contributed by atoms with E-state index in [1.807, 2.05) is 36.4 Å². The van der Waals surface area contributed by atoms with Crippen LogP contribution in [-0.2, 0) is 4.74 Å². The SMILES string of the molecule is CCC(Sc1cccc(NC(=S)NC(=O)OC)c1)C(=N)c1ccc(Cl)cc1. The van der Waals surface area contributed by atoms with Crippen molar-refractivity contribution in [2.75, 3.05) is 12.4 Å². The lowest BCUT2D eigenvalue weighted by atomic mass is 10.1. The first-order valence-corrected chi connectivity index (χ1v) is 9.86. The van der Waals surface area contributed by atoms with E-state index >= 15 is 0 Å². The third-order valence-electron chi connectivity index (χ3n) is 3.62. The zero-order chi connectivity index (χ0) is 19.8. The molecule has 0 saturated heterocycles. The Bertz CT molecular complexity index is 828. The molecule has 0 spiro atoms. The van der Waals surface area contributed by atoms with Gasteiger partial charge < -0.3 is 15.5 Å². The molecule has 5 nitrogen and oxygen atoms in total. The van der Waals surface area contributed by atoms with Gasteiger partial charge in [0.25, 0.3) is 0 Å². The molecule has 0 fully saturated rings. The van der Waals surface area contributed by atoms with Crippen molar-refractivity contribution in [2.24, 2.45) is 0 Å². The van der Waals surface area contributed by atoms with Crippen LogP contribution < -0.4 is 10.6 Å². The fourth-order valence-corrected chi connectivity index (χ4v) is 3.71. The Hall–Kier alpha value is -2.09. The number of thioether (sulfide) groups is 1. The number of hydrogen-bond acceptors (Lipinski definition) is 5. The minimum atomic E-state index is -0.625. The van der Waals surface area contributed by atoms with Gasteiger partial charge in [-0.15, -0.1) is 11.8 Å². The molecule has 0 aliphatic carbocycles. The molecule has 2 aromatic rings. The van der Waals surface area contributed by atoms with Crippen molar-refractivity contribution in [3.8, 4) is 0 Å². The van der Waals surface area contributed by atoms with Crippen molar-refractivity contribution in [3.05, 3.63) is 59.1 Å². The Morgan fingerprint density at radius 1 is 1.30 bits per heavy atom. The van der Waals surface area contributed by atoms with Gasteiger partial charge >= 0.3 is 6.09 Å². The summed E-state index contributed by atoms with van der Waals surface area (Å²) < 4.78 is 4.51. The molecule has 0 aliphatic heterocycles. The van der Waals surface area contributed by atoms with E-state index in [0.717, 1.165) is 22.6 Å². The summed E-state index contributed by atoms with van der Waals surface area (Å²) in [6.07, 6.45) is 0.187. The Labute approximate surface area is 173 Å². The molecule has 0 aliphatic rings. The van der Waals surface area contributed by atoms with Crippen LogP contribution in [0.1, 0.15) is 18.9 Å². The molecule has 27 heavy (non-hydrogen) atoms. The number of nitrogens with one attached hydrogen (secondary N) is 3. The zero-order valence-corrected chi connectivity index (χ0v) is 17.3. The van der Waals surface area contributed by atoms with Gasteiger partial charge in [0.05, 0.1) is 18.1 Å². The molecule has 1 atom stereocenters. The van der Waals surface area contributed by atoms with E-state index in [4.69, 9.17) is 29.2 Å². The second-order valence-electron chi connectivity index (χ2n) is 5.53. The molecule has 2 aromatic carbocycles. The number of amides is 1. The molecule has 3 N–H and O–H groups in total. The van der Waals surface area contributed by atoms with E-state index in [1.54, 1.807) is 23.9 Å². The van der Waals surface area contributed by atoms with Crippen molar-refractivity contribution in [3.63, 3.8) is 0 Å². The Kier molecular flexibility index (Phi) is 8.09. The molecule has 8 heteroatoms. The molecule has 0 radical (unpaired) electrons. The number of hydrogen-bond donors (Lipinski definition) is 3. The third kappa shape index (κ3) is 6.53. The molecular formula is C19H20ClN3O2S2. The summed E-state index contributed by atoms with van der Waals surface area (Å²) >= 11 is 12.6. The molecule has 0 aromatic heterocycles. The number of alkyl carbamates (subject to hydrolysis) is 1. The quantitative estimate of drug-likeness (QED) is 0.334. The van der Waals surface area contributed by atoms with E-state index in [9.17, 15) is 4.79 Å². The molecule has 0 saturated carbocycles. The molecule has 1 unspecified atom stereocenters. The number of benzene rings is 2. The Morgan fingerprint density at radius 3 is 2.63 bits per heavy atom. The Balaban J connectivity index is 2.06. The first-order chi connectivity index (χ1) is 12.9. The van der Waals surface area contributed by atoms with Crippen LogP contribution in [0, 0.1) is 5.41 Å². The van der Waals surface area contributed by atoms with Crippen LogP contribution in [0.4, 0.5) is 10.5 Å². The van der Waals surface area contributed by atoms with Gasteiger partial charge in [0.1, 0.15) is 0 Å². The largest absolute Gasteiger partial charge is 0.453 e. The molecule has 1 amide bonds. The summed E-state index contributed by atoms with van der Waals surface area (Å²) in [6, 6.07) is 15.0. The predicted octanol–water partition coefficient (Wildman–Crippen LogP) is 5.33. The average molecular weight is 422 g/mol. The van der Waals surface area contributed by atoms with Crippen LogP contribution in [-0.4, -0.2) is 29.3 Å². The van der Waals surface area contributed by atoms with Crippen LogP contribution in [0.2, 0.25) is 5.02 Å². The molecule has 0 bridgehead atoms. The monoisotopic (exact) mass is 421 g/mol. The number of carbonyl (C=O) groups excluding carboxylic acids is 1. The van der Waals surface area contributed by atoms with Gasteiger partial charge in [-0.25, -0.2) is 4.79 Å². The smallest absolute Gasteiger partial charge is 0.413 e. The summed E-state index contributed by atoms with van der Waals surface area (Å²) in [5.41, 5.74) is 2.16. The lowest BCUT2D eigenvalue weighted by Gasteiger charge is -2.17.